The van der Waals surface area contributed by atoms with E-state index in [1.807, 2.05) is 27.1 Å². The molecule has 3 heterocycles. The highest BCUT2D eigenvalue weighted by atomic mass is 32.1. The van der Waals surface area contributed by atoms with Crippen LogP contribution in [0.5, 0.6) is 0 Å². The Morgan fingerprint density at radius 2 is 2.00 bits per heavy atom. The first-order valence-electron chi connectivity index (χ1n) is 8.29. The summed E-state index contributed by atoms with van der Waals surface area (Å²) in [7, 11) is 0. The molecule has 0 N–H and O–H groups in total. The van der Waals surface area contributed by atoms with Gasteiger partial charge in [0.2, 0.25) is 5.91 Å². The van der Waals surface area contributed by atoms with Crippen molar-refractivity contribution in [1.82, 2.24) is 14.3 Å². The van der Waals surface area contributed by atoms with E-state index >= 15 is 0 Å². The smallest absolute Gasteiger partial charge is 0.292 e. The maximum Gasteiger partial charge on any atom is 0.292 e. The standard InChI is InChI=1S/C17H17N5O3S/c23-16(11-13-12-21-9-10-26-17(21)18-13)20-7-5-19(6-8-20)14-3-1-2-4-15(14)22(24)25/h1-4,9-10,12H,5-8,11H2. The second kappa shape index (κ2) is 6.75. The summed E-state index contributed by atoms with van der Waals surface area (Å²) in [5.41, 5.74) is 1.48. The fourth-order valence-corrected chi connectivity index (χ4v) is 3.93. The zero-order chi connectivity index (χ0) is 18.1. The first-order valence-corrected chi connectivity index (χ1v) is 9.17. The van der Waals surface area contributed by atoms with E-state index < -0.39 is 0 Å². The van der Waals surface area contributed by atoms with Gasteiger partial charge < -0.3 is 9.80 Å². The molecule has 134 valence electrons. The summed E-state index contributed by atoms with van der Waals surface area (Å²) in [6, 6.07) is 6.73. The van der Waals surface area contributed by atoms with Crippen LogP contribution < -0.4 is 4.90 Å². The number of hydrogen-bond acceptors (Lipinski definition) is 6. The van der Waals surface area contributed by atoms with Crippen LogP contribution in [0.3, 0.4) is 0 Å². The van der Waals surface area contributed by atoms with E-state index in [0.29, 0.717) is 31.9 Å². The molecule has 2 aromatic heterocycles. The van der Waals surface area contributed by atoms with Gasteiger partial charge in [-0.05, 0) is 6.07 Å². The number of amides is 1. The van der Waals surface area contributed by atoms with E-state index in [-0.39, 0.29) is 22.9 Å². The number of anilines is 1. The Bertz CT molecular complexity index is 930. The molecule has 0 saturated carbocycles. The van der Waals surface area contributed by atoms with Crippen LogP contribution in [0.1, 0.15) is 5.69 Å². The summed E-state index contributed by atoms with van der Waals surface area (Å²) >= 11 is 1.54. The third kappa shape index (κ3) is 3.13. The number of hydrogen-bond donors (Lipinski definition) is 0. The number of nitro benzene ring substituents is 1. The van der Waals surface area contributed by atoms with Crippen molar-refractivity contribution in [3.8, 4) is 0 Å². The van der Waals surface area contributed by atoms with Crippen molar-refractivity contribution < 1.29 is 9.72 Å². The van der Waals surface area contributed by atoms with Gasteiger partial charge in [0.05, 0.1) is 17.0 Å². The number of nitro groups is 1. The normalized spacial score (nSPS) is 14.8. The van der Waals surface area contributed by atoms with Gasteiger partial charge in [0.25, 0.3) is 5.69 Å². The molecule has 0 bridgehead atoms. The molecule has 0 unspecified atom stereocenters. The predicted octanol–water partition coefficient (Wildman–Crippen LogP) is 2.20. The molecule has 8 nitrogen and oxygen atoms in total. The zero-order valence-corrected chi connectivity index (χ0v) is 14.8. The van der Waals surface area contributed by atoms with Crippen LogP contribution in [0, 0.1) is 10.1 Å². The van der Waals surface area contributed by atoms with Gasteiger partial charge in [0.1, 0.15) is 5.69 Å². The number of nitrogens with zero attached hydrogens (tertiary/aromatic N) is 5. The molecule has 0 radical (unpaired) electrons. The molecule has 1 amide bonds. The van der Waals surface area contributed by atoms with Gasteiger partial charge in [0, 0.05) is 50.0 Å². The number of aromatic nitrogens is 2. The van der Waals surface area contributed by atoms with E-state index in [0.717, 1.165) is 10.7 Å². The van der Waals surface area contributed by atoms with Crippen molar-refractivity contribution >= 4 is 33.6 Å². The summed E-state index contributed by atoms with van der Waals surface area (Å²) in [6.07, 6.45) is 4.08. The maximum absolute atomic E-state index is 12.5. The van der Waals surface area contributed by atoms with Crippen LogP contribution in [-0.4, -0.2) is 51.3 Å². The van der Waals surface area contributed by atoms with Crippen LogP contribution in [-0.2, 0) is 11.2 Å². The predicted molar refractivity (Wildman–Crippen MR) is 98.7 cm³/mol. The quantitative estimate of drug-likeness (QED) is 0.518. The third-order valence-corrected chi connectivity index (χ3v) is 5.30. The molecule has 0 atom stereocenters. The summed E-state index contributed by atoms with van der Waals surface area (Å²) < 4.78 is 1.92. The molecule has 0 aliphatic carbocycles. The third-order valence-electron chi connectivity index (χ3n) is 4.53. The van der Waals surface area contributed by atoms with Gasteiger partial charge in [-0.3, -0.25) is 19.3 Å². The highest BCUT2D eigenvalue weighted by molar-refractivity contribution is 7.15. The highest BCUT2D eigenvalue weighted by Gasteiger charge is 2.25. The van der Waals surface area contributed by atoms with Gasteiger partial charge in [-0.2, -0.15) is 0 Å². The van der Waals surface area contributed by atoms with E-state index in [1.165, 1.54) is 17.4 Å². The van der Waals surface area contributed by atoms with E-state index in [4.69, 9.17) is 0 Å². The topological polar surface area (TPSA) is 84.0 Å². The van der Waals surface area contributed by atoms with Gasteiger partial charge >= 0.3 is 0 Å². The largest absolute Gasteiger partial charge is 0.362 e. The number of rotatable bonds is 4. The summed E-state index contributed by atoms with van der Waals surface area (Å²) in [5, 5.41) is 13.2. The van der Waals surface area contributed by atoms with E-state index in [1.54, 1.807) is 23.1 Å². The minimum absolute atomic E-state index is 0.0398. The van der Waals surface area contributed by atoms with Gasteiger partial charge in [-0.15, -0.1) is 11.3 Å². The number of imidazole rings is 1. The first kappa shape index (κ1) is 16.5. The minimum Gasteiger partial charge on any atom is -0.362 e. The average Bonchev–Trinajstić information content (AvgIpc) is 3.23. The molecule has 1 aromatic carbocycles. The van der Waals surface area contributed by atoms with Gasteiger partial charge in [-0.1, -0.05) is 12.1 Å². The number of piperazine rings is 1. The molecule has 1 aliphatic heterocycles. The monoisotopic (exact) mass is 371 g/mol. The zero-order valence-electron chi connectivity index (χ0n) is 13.9. The van der Waals surface area contributed by atoms with E-state index in [2.05, 4.69) is 4.98 Å². The molecule has 0 spiro atoms. The molecule has 26 heavy (non-hydrogen) atoms. The highest BCUT2D eigenvalue weighted by Crippen LogP contribution is 2.28. The second-order valence-electron chi connectivity index (χ2n) is 6.12. The summed E-state index contributed by atoms with van der Waals surface area (Å²) in [5.74, 6) is 0.0398. The fourth-order valence-electron chi connectivity index (χ4n) is 3.21. The van der Waals surface area contributed by atoms with Gasteiger partial charge in [-0.25, -0.2) is 4.98 Å². The minimum atomic E-state index is -0.364. The summed E-state index contributed by atoms with van der Waals surface area (Å²) in [6.45, 7) is 2.25. The Kier molecular flexibility index (Phi) is 4.29. The molecule has 9 heteroatoms. The lowest BCUT2D eigenvalue weighted by atomic mass is 10.2. The van der Waals surface area contributed by atoms with Crippen molar-refractivity contribution in [3.05, 3.63) is 57.8 Å². The Balaban J connectivity index is 1.39. The maximum atomic E-state index is 12.5. The van der Waals surface area contributed by atoms with Crippen LogP contribution in [0.25, 0.3) is 4.96 Å². The van der Waals surface area contributed by atoms with Gasteiger partial charge in [0.15, 0.2) is 4.96 Å². The molecule has 1 saturated heterocycles. The number of benzene rings is 1. The molecule has 3 aromatic rings. The number of carbonyl (C=O) groups is 1. The molecular formula is C17H17N5O3S. The SMILES string of the molecule is O=C(Cc1cn2ccsc2n1)N1CCN(c2ccccc2[N+](=O)[O-])CC1. The summed E-state index contributed by atoms with van der Waals surface area (Å²) in [4.78, 5) is 32.5. The lowest BCUT2D eigenvalue weighted by Gasteiger charge is -2.35. The van der Waals surface area contributed by atoms with Crippen LogP contribution >= 0.6 is 11.3 Å². The Morgan fingerprint density at radius 3 is 2.73 bits per heavy atom. The van der Waals surface area contributed by atoms with Crippen molar-refractivity contribution in [2.45, 2.75) is 6.42 Å². The van der Waals surface area contributed by atoms with Crippen molar-refractivity contribution in [2.75, 3.05) is 31.1 Å². The molecule has 1 aliphatic rings. The number of thiazole rings is 1. The molecule has 4 rings (SSSR count). The number of fused-ring (bicyclic) bond motifs is 1. The molecular weight excluding hydrogens is 354 g/mol. The Morgan fingerprint density at radius 1 is 1.23 bits per heavy atom. The van der Waals surface area contributed by atoms with Crippen LogP contribution in [0.4, 0.5) is 11.4 Å². The van der Waals surface area contributed by atoms with Crippen LogP contribution in [0.15, 0.2) is 42.0 Å². The molecule has 1 fully saturated rings. The van der Waals surface area contributed by atoms with Crippen LogP contribution in [0.2, 0.25) is 0 Å². The second-order valence-corrected chi connectivity index (χ2v) is 6.99. The van der Waals surface area contributed by atoms with Crippen molar-refractivity contribution in [1.29, 1.82) is 0 Å². The Labute approximate surface area is 153 Å². The van der Waals surface area contributed by atoms with Crippen molar-refractivity contribution in [2.24, 2.45) is 0 Å². The number of carbonyl (C=O) groups excluding carboxylic acids is 1. The number of para-hydroxylation sites is 2. The Hall–Kier alpha value is -2.94. The van der Waals surface area contributed by atoms with E-state index in [9.17, 15) is 14.9 Å². The fraction of sp³-hybridized carbons (Fsp3) is 0.294. The van der Waals surface area contributed by atoms with Crippen molar-refractivity contribution in [3.63, 3.8) is 0 Å². The average molecular weight is 371 g/mol. The lowest BCUT2D eigenvalue weighted by Crippen LogP contribution is -2.49. The lowest BCUT2D eigenvalue weighted by molar-refractivity contribution is -0.384. The first-order chi connectivity index (χ1) is 12.6.